The van der Waals surface area contributed by atoms with Gasteiger partial charge >= 0.3 is 134 Å². The number of rotatable bonds is 8. The fourth-order valence-electron chi connectivity index (χ4n) is 7.62. The Morgan fingerprint density at radius 1 is 0.809 bits per heavy atom. The van der Waals surface area contributed by atoms with Crippen molar-refractivity contribution in [3.05, 3.63) is 143 Å². The normalized spacial score (nSPS) is 18.5. The maximum absolute atomic E-state index is 5.99. The second-order valence-corrected chi connectivity index (χ2v) is 20.3. The number of para-hydroxylation sites is 1. The number of halogens is 2. The average Bonchev–Trinajstić information content (AvgIpc) is 3.52. The van der Waals surface area contributed by atoms with E-state index in [0.717, 1.165) is 18.7 Å². The van der Waals surface area contributed by atoms with Gasteiger partial charge < -0.3 is 4.90 Å². The SMILES string of the molecule is CC(C)c1cccc(C(C)C)c1N1[CH-][C@]2(CCc3ccccc32)CC1(C)C.CN(Cc1ccccc1)Cc1ccccc1[CH]=[Ru]([Cl])[Cl]. The van der Waals surface area contributed by atoms with E-state index in [4.69, 9.17) is 19.4 Å². The van der Waals surface area contributed by atoms with Crippen molar-refractivity contribution in [2.75, 3.05) is 11.9 Å². The predicted molar refractivity (Wildman–Crippen MR) is 201 cm³/mol. The van der Waals surface area contributed by atoms with Gasteiger partial charge in [0.05, 0.1) is 0 Å². The third-order valence-electron chi connectivity index (χ3n) is 9.73. The molecule has 0 saturated carbocycles. The molecule has 252 valence electrons. The summed E-state index contributed by atoms with van der Waals surface area (Å²) in [5.41, 5.74) is 11.6. The molecule has 1 atom stereocenters. The molecule has 2 aliphatic rings. The number of fused-ring (bicyclic) bond motifs is 2. The van der Waals surface area contributed by atoms with Crippen LogP contribution in [-0.4, -0.2) is 22.1 Å². The van der Waals surface area contributed by atoms with Gasteiger partial charge in [0.2, 0.25) is 0 Å². The first-order chi connectivity index (χ1) is 22.4. The Morgan fingerprint density at radius 3 is 2.09 bits per heavy atom. The molecule has 1 fully saturated rings. The molecule has 0 aromatic heterocycles. The molecule has 4 aromatic carbocycles. The second-order valence-electron chi connectivity index (χ2n) is 14.6. The quantitative estimate of drug-likeness (QED) is 0.131. The molecule has 1 saturated heterocycles. The molecule has 0 radical (unpaired) electrons. The van der Waals surface area contributed by atoms with Crippen molar-refractivity contribution in [1.82, 2.24) is 4.90 Å². The Bertz CT molecular complexity index is 1650. The van der Waals surface area contributed by atoms with Crippen LogP contribution < -0.4 is 4.90 Å². The third kappa shape index (κ3) is 8.48. The van der Waals surface area contributed by atoms with E-state index in [-0.39, 0.29) is 11.0 Å². The van der Waals surface area contributed by atoms with Crippen molar-refractivity contribution in [3.8, 4) is 0 Å². The zero-order valence-corrected chi connectivity index (χ0v) is 32.3. The fraction of sp³-hybridized carbons (Fsp3) is 0.381. The van der Waals surface area contributed by atoms with E-state index in [1.807, 2.05) is 16.7 Å². The van der Waals surface area contributed by atoms with E-state index in [1.54, 1.807) is 11.1 Å². The fourth-order valence-corrected chi connectivity index (χ4v) is 9.50. The van der Waals surface area contributed by atoms with Crippen LogP contribution in [0.2, 0.25) is 0 Å². The van der Waals surface area contributed by atoms with E-state index in [9.17, 15) is 0 Å². The Hall–Kier alpha value is -2.29. The molecule has 2 nitrogen and oxygen atoms in total. The van der Waals surface area contributed by atoms with Crippen LogP contribution in [0, 0.1) is 6.54 Å². The number of aryl methyl sites for hydroxylation is 1. The molecule has 1 aliphatic carbocycles. The molecule has 0 unspecified atom stereocenters. The van der Waals surface area contributed by atoms with Crippen LogP contribution in [0.15, 0.2) is 97.1 Å². The molecule has 4 aromatic rings. The molecule has 0 bridgehead atoms. The van der Waals surface area contributed by atoms with Crippen molar-refractivity contribution < 1.29 is 13.5 Å². The summed E-state index contributed by atoms with van der Waals surface area (Å²) in [5.74, 6) is 1.05. The molecule has 1 spiro atoms. The summed E-state index contributed by atoms with van der Waals surface area (Å²) in [6.45, 7) is 18.6. The van der Waals surface area contributed by atoms with Gasteiger partial charge in [0, 0.05) is 11.2 Å². The number of nitrogens with zero attached hydrogens (tertiary/aromatic N) is 2. The van der Waals surface area contributed by atoms with E-state index < -0.39 is 13.5 Å². The zero-order chi connectivity index (χ0) is 33.8. The minimum atomic E-state index is -1.78. The van der Waals surface area contributed by atoms with Crippen LogP contribution in [0.1, 0.15) is 105 Å². The van der Waals surface area contributed by atoms with Crippen molar-refractivity contribution in [1.29, 1.82) is 0 Å². The summed E-state index contributed by atoms with van der Waals surface area (Å²) in [5, 5.41) is 0. The van der Waals surface area contributed by atoms with Gasteiger partial charge in [0.1, 0.15) is 0 Å². The van der Waals surface area contributed by atoms with E-state index in [1.165, 1.54) is 47.2 Å². The number of benzene rings is 4. The van der Waals surface area contributed by atoms with Gasteiger partial charge in [-0.2, -0.15) is 0 Å². The summed E-state index contributed by atoms with van der Waals surface area (Å²) in [7, 11) is 14.1. The van der Waals surface area contributed by atoms with Gasteiger partial charge in [-0.15, -0.1) is 5.41 Å². The van der Waals surface area contributed by atoms with E-state index >= 15 is 0 Å². The predicted octanol–water partition coefficient (Wildman–Crippen LogP) is 11.4. The molecule has 0 amide bonds. The van der Waals surface area contributed by atoms with E-state index in [0.29, 0.717) is 11.8 Å². The second kappa shape index (κ2) is 15.5. The summed E-state index contributed by atoms with van der Waals surface area (Å²) in [6.07, 6.45) is 3.65. The topological polar surface area (TPSA) is 6.48 Å². The summed E-state index contributed by atoms with van der Waals surface area (Å²) < 4.78 is 2.01. The van der Waals surface area contributed by atoms with Crippen LogP contribution in [-0.2, 0) is 38.4 Å². The van der Waals surface area contributed by atoms with Crippen LogP contribution in [0.4, 0.5) is 5.69 Å². The van der Waals surface area contributed by atoms with Crippen LogP contribution in [0.25, 0.3) is 0 Å². The molecule has 1 heterocycles. The van der Waals surface area contributed by atoms with Crippen molar-refractivity contribution in [2.24, 2.45) is 0 Å². The molecule has 0 N–H and O–H groups in total. The summed E-state index contributed by atoms with van der Waals surface area (Å²) >= 11 is -1.78. The molecule has 5 heteroatoms. The van der Waals surface area contributed by atoms with Crippen molar-refractivity contribution >= 4 is 29.7 Å². The van der Waals surface area contributed by atoms with Gasteiger partial charge in [-0.3, -0.25) is 0 Å². The maximum atomic E-state index is 5.99. The van der Waals surface area contributed by atoms with Gasteiger partial charge in [0.15, 0.2) is 0 Å². The molecule has 47 heavy (non-hydrogen) atoms. The molecular weight excluding hydrogens is 704 g/mol. The number of hydrogen-bond donors (Lipinski definition) is 0. The number of anilines is 1. The summed E-state index contributed by atoms with van der Waals surface area (Å²) in [6, 6.07) is 34.8. The molecule has 6 rings (SSSR count). The zero-order valence-electron chi connectivity index (χ0n) is 29.1. The molecular formula is C42H51Cl2N2Ru-. The monoisotopic (exact) mass is 755 g/mol. The van der Waals surface area contributed by atoms with Crippen LogP contribution in [0.3, 0.4) is 0 Å². The van der Waals surface area contributed by atoms with Gasteiger partial charge in [0.25, 0.3) is 0 Å². The van der Waals surface area contributed by atoms with Crippen LogP contribution in [0.5, 0.6) is 0 Å². The van der Waals surface area contributed by atoms with Crippen molar-refractivity contribution in [2.45, 2.75) is 96.7 Å². The van der Waals surface area contributed by atoms with E-state index in [2.05, 4.69) is 150 Å². The minimum absolute atomic E-state index is 0.117. The number of hydrogen-bond acceptors (Lipinski definition) is 2. The standard InChI is InChI=1S/C26H34N.C16H17N.2ClH.Ru/c1-18(2)21-11-9-12-22(19(3)4)24(21)27-17-26(16-25(27,5)6)15-14-20-10-7-8-13-23(20)26;1-14-8-6-7-11-16(14)13-17(2)12-15-9-4-3-5-10-15;;;/h7-13,17-19H,14-16H2,1-6H3;1,3-11H,12-13H2,2H3;2*1H;/q-1;;;;+2/p-2/t26-;;;;/m0..../s1. The Kier molecular flexibility index (Phi) is 11.9. The summed E-state index contributed by atoms with van der Waals surface area (Å²) in [4.78, 5) is 4.95. The van der Waals surface area contributed by atoms with Crippen molar-refractivity contribution in [3.63, 3.8) is 0 Å². The van der Waals surface area contributed by atoms with Gasteiger partial charge in [-0.05, 0) is 55.2 Å². The first-order valence-corrected chi connectivity index (χ1v) is 22.4. The Balaban J connectivity index is 0.000000194. The first kappa shape index (κ1) is 36.0. The van der Waals surface area contributed by atoms with Crippen LogP contribution >= 0.6 is 19.4 Å². The Labute approximate surface area is 297 Å². The third-order valence-corrected chi connectivity index (χ3v) is 11.6. The van der Waals surface area contributed by atoms with Gasteiger partial charge in [-0.1, -0.05) is 82.1 Å². The Morgan fingerprint density at radius 2 is 1.43 bits per heavy atom. The van der Waals surface area contributed by atoms with Gasteiger partial charge in [-0.25, -0.2) is 6.54 Å². The first-order valence-electron chi connectivity index (χ1n) is 16.9. The average molecular weight is 756 g/mol. The molecule has 1 aliphatic heterocycles.